The number of nitrogens with two attached hydrogens (primary N) is 2. The standard InChI is InChI=1S/C41H64N4O8/c1-26(2)53-39(36(43)18-27-11-8-7-9-12-27)40(46)44-24-30-20-32(15-16-37(30)50-5)52-25-29-14-10-13-28(17-29)19-35(42)38(51-6)41(47)45-31-21-33(48-3)23-34(22-31)49-4/h15-16,20-23,26-29,35-36,38-39H,7-14,17-19,24-25,42-43H2,1-6H3,(H,44,46)(H,45,47)/t28?,29?,35?,36-,38?,39?/m1/s1. The first-order valence-electron chi connectivity index (χ1n) is 19.3. The van der Waals surface area contributed by atoms with Crippen LogP contribution < -0.4 is 41.0 Å². The van der Waals surface area contributed by atoms with Crippen LogP contribution in [0.2, 0.25) is 0 Å². The molecule has 2 aliphatic carbocycles. The van der Waals surface area contributed by atoms with Crippen LogP contribution in [0.4, 0.5) is 5.69 Å². The number of carbonyl (C=O) groups is 2. The summed E-state index contributed by atoms with van der Waals surface area (Å²) >= 11 is 0. The van der Waals surface area contributed by atoms with Gasteiger partial charge in [0.2, 0.25) is 0 Å². The molecule has 5 unspecified atom stereocenters. The molecule has 296 valence electrons. The molecule has 12 nitrogen and oxygen atoms in total. The van der Waals surface area contributed by atoms with Crippen molar-refractivity contribution in [3.05, 3.63) is 42.0 Å². The summed E-state index contributed by atoms with van der Waals surface area (Å²) in [5, 5.41) is 5.96. The van der Waals surface area contributed by atoms with Crippen LogP contribution in [0.3, 0.4) is 0 Å². The highest BCUT2D eigenvalue weighted by Gasteiger charge is 2.32. The van der Waals surface area contributed by atoms with E-state index in [0.717, 1.165) is 50.5 Å². The lowest BCUT2D eigenvalue weighted by molar-refractivity contribution is -0.137. The zero-order valence-corrected chi connectivity index (χ0v) is 32.7. The van der Waals surface area contributed by atoms with Crippen molar-refractivity contribution in [2.45, 2.75) is 121 Å². The van der Waals surface area contributed by atoms with E-state index in [2.05, 4.69) is 10.6 Å². The maximum atomic E-state index is 13.5. The van der Waals surface area contributed by atoms with Crippen LogP contribution in [0.15, 0.2) is 36.4 Å². The van der Waals surface area contributed by atoms with Crippen LogP contribution in [-0.2, 0) is 25.6 Å². The minimum atomic E-state index is -0.818. The van der Waals surface area contributed by atoms with E-state index < -0.39 is 18.2 Å². The minimum Gasteiger partial charge on any atom is -0.497 e. The zero-order chi connectivity index (χ0) is 38.3. The van der Waals surface area contributed by atoms with Crippen LogP contribution >= 0.6 is 0 Å². The molecule has 2 aliphatic rings. The third-order valence-corrected chi connectivity index (χ3v) is 10.6. The number of carbonyl (C=O) groups excluding carboxylic acids is 2. The fourth-order valence-corrected chi connectivity index (χ4v) is 7.91. The molecule has 0 saturated heterocycles. The predicted molar refractivity (Wildman–Crippen MR) is 207 cm³/mol. The number of hydrogen-bond acceptors (Lipinski definition) is 10. The van der Waals surface area contributed by atoms with Crippen molar-refractivity contribution in [2.24, 2.45) is 29.2 Å². The number of hydrogen-bond donors (Lipinski definition) is 4. The van der Waals surface area contributed by atoms with Crippen LogP contribution in [-0.4, -0.2) is 77.3 Å². The largest absolute Gasteiger partial charge is 0.497 e. The summed E-state index contributed by atoms with van der Waals surface area (Å²) in [6, 6.07) is 10.0. The van der Waals surface area contributed by atoms with Gasteiger partial charge in [0.1, 0.15) is 23.0 Å². The smallest absolute Gasteiger partial charge is 0.255 e. The van der Waals surface area contributed by atoms with Gasteiger partial charge in [-0.2, -0.15) is 0 Å². The van der Waals surface area contributed by atoms with Crippen molar-refractivity contribution in [3.8, 4) is 23.0 Å². The average Bonchev–Trinajstić information content (AvgIpc) is 3.15. The Morgan fingerprint density at radius 3 is 2.02 bits per heavy atom. The number of amides is 2. The molecule has 0 spiro atoms. The molecule has 2 aromatic carbocycles. The fourth-order valence-electron chi connectivity index (χ4n) is 7.91. The molecule has 2 saturated carbocycles. The van der Waals surface area contributed by atoms with Crippen molar-refractivity contribution in [1.29, 1.82) is 0 Å². The van der Waals surface area contributed by atoms with Gasteiger partial charge in [0.15, 0.2) is 12.2 Å². The molecule has 2 amide bonds. The predicted octanol–water partition coefficient (Wildman–Crippen LogP) is 5.98. The van der Waals surface area contributed by atoms with Gasteiger partial charge >= 0.3 is 0 Å². The van der Waals surface area contributed by atoms with Gasteiger partial charge in [-0.3, -0.25) is 9.59 Å². The lowest BCUT2D eigenvalue weighted by atomic mass is 9.78. The van der Waals surface area contributed by atoms with E-state index in [1.807, 2.05) is 32.0 Å². The first-order chi connectivity index (χ1) is 25.5. The Morgan fingerprint density at radius 2 is 1.38 bits per heavy atom. The number of benzene rings is 2. The topological polar surface area (TPSA) is 166 Å². The first-order valence-corrected chi connectivity index (χ1v) is 19.3. The zero-order valence-electron chi connectivity index (χ0n) is 32.7. The maximum absolute atomic E-state index is 13.5. The fraction of sp³-hybridized carbons (Fsp3) is 0.659. The highest BCUT2D eigenvalue weighted by Crippen LogP contribution is 2.34. The van der Waals surface area contributed by atoms with Gasteiger partial charge in [-0.25, -0.2) is 0 Å². The van der Waals surface area contributed by atoms with Gasteiger partial charge in [-0.15, -0.1) is 0 Å². The maximum Gasteiger partial charge on any atom is 0.255 e. The summed E-state index contributed by atoms with van der Waals surface area (Å²) in [7, 11) is 6.24. The molecule has 2 fully saturated rings. The van der Waals surface area contributed by atoms with Gasteiger partial charge in [0, 0.05) is 55.2 Å². The number of ether oxygens (including phenoxy) is 6. The third-order valence-electron chi connectivity index (χ3n) is 10.6. The highest BCUT2D eigenvalue weighted by molar-refractivity contribution is 5.95. The van der Waals surface area contributed by atoms with Gasteiger partial charge in [-0.1, -0.05) is 44.9 Å². The van der Waals surface area contributed by atoms with E-state index in [0.29, 0.717) is 59.5 Å². The Balaban J connectivity index is 1.30. The van der Waals surface area contributed by atoms with Crippen LogP contribution in [0.25, 0.3) is 0 Å². The molecule has 0 aliphatic heterocycles. The van der Waals surface area contributed by atoms with Gasteiger partial charge < -0.3 is 50.5 Å². The monoisotopic (exact) mass is 740 g/mol. The molecule has 4 rings (SSSR count). The summed E-state index contributed by atoms with van der Waals surface area (Å²) in [5.74, 6) is 3.20. The van der Waals surface area contributed by atoms with Gasteiger partial charge in [-0.05, 0) is 75.5 Å². The van der Waals surface area contributed by atoms with E-state index in [1.165, 1.54) is 26.4 Å². The number of anilines is 1. The molecule has 12 heteroatoms. The molecule has 6 atom stereocenters. The van der Waals surface area contributed by atoms with Crippen molar-refractivity contribution in [1.82, 2.24) is 5.32 Å². The number of rotatable bonds is 20. The van der Waals surface area contributed by atoms with E-state index in [4.69, 9.17) is 39.9 Å². The molecule has 2 aromatic rings. The lowest BCUT2D eigenvalue weighted by Gasteiger charge is -2.32. The molecule has 0 bridgehead atoms. The van der Waals surface area contributed by atoms with Crippen molar-refractivity contribution in [2.75, 3.05) is 40.4 Å². The quantitative estimate of drug-likeness (QED) is 0.127. The molecular weight excluding hydrogens is 676 g/mol. The van der Waals surface area contributed by atoms with Crippen molar-refractivity contribution in [3.63, 3.8) is 0 Å². The Bertz CT molecular complexity index is 1410. The summed E-state index contributed by atoms with van der Waals surface area (Å²) < 4.78 is 34.3. The second-order valence-electron chi connectivity index (χ2n) is 15.1. The normalized spacial score (nSPS) is 20.2. The molecule has 0 aromatic heterocycles. The third kappa shape index (κ3) is 13.0. The van der Waals surface area contributed by atoms with E-state index in [9.17, 15) is 9.59 Å². The van der Waals surface area contributed by atoms with Crippen molar-refractivity contribution >= 4 is 17.5 Å². The van der Waals surface area contributed by atoms with E-state index in [1.54, 1.807) is 39.5 Å². The summed E-state index contributed by atoms with van der Waals surface area (Å²) in [6.07, 6.45) is 9.92. The second kappa shape index (κ2) is 21.3. The van der Waals surface area contributed by atoms with Crippen LogP contribution in [0, 0.1) is 17.8 Å². The molecular formula is C41H64N4O8. The Morgan fingerprint density at radius 1 is 0.736 bits per heavy atom. The van der Waals surface area contributed by atoms with Gasteiger partial charge in [0.05, 0.1) is 34.0 Å². The highest BCUT2D eigenvalue weighted by atomic mass is 16.5. The number of nitrogens with one attached hydrogen (secondary N) is 2. The SMILES string of the molecule is COc1cc(NC(=O)C(OC)C(N)CC2CCCC(COc3ccc(OC)c(CNC(=O)C(OC(C)C)[C@H](N)CC4CCCCC4)c3)C2)cc(OC)c1. The van der Waals surface area contributed by atoms with Crippen LogP contribution in [0.5, 0.6) is 23.0 Å². The summed E-state index contributed by atoms with van der Waals surface area (Å²) in [6.45, 7) is 4.67. The van der Waals surface area contributed by atoms with Crippen LogP contribution in [0.1, 0.15) is 90.0 Å². The molecule has 53 heavy (non-hydrogen) atoms. The molecule has 0 heterocycles. The molecule has 0 radical (unpaired) electrons. The second-order valence-corrected chi connectivity index (χ2v) is 15.1. The minimum absolute atomic E-state index is 0.125. The first kappa shape index (κ1) is 42.2. The number of methoxy groups -OCH3 is 4. The Labute approximate surface area is 316 Å². The van der Waals surface area contributed by atoms with E-state index >= 15 is 0 Å². The Kier molecular flexibility index (Phi) is 17.0. The van der Waals surface area contributed by atoms with Crippen molar-refractivity contribution < 1.29 is 38.0 Å². The van der Waals surface area contributed by atoms with E-state index in [-0.39, 0.29) is 30.5 Å². The average molecular weight is 741 g/mol. The Hall–Kier alpha value is -3.58. The summed E-state index contributed by atoms with van der Waals surface area (Å²) in [5.41, 5.74) is 14.6. The lowest BCUT2D eigenvalue weighted by Crippen LogP contribution is -2.49. The van der Waals surface area contributed by atoms with Gasteiger partial charge in [0.25, 0.3) is 11.8 Å². The summed E-state index contributed by atoms with van der Waals surface area (Å²) in [4.78, 5) is 26.7. The molecule has 6 N–H and O–H groups in total.